The third-order valence-corrected chi connectivity index (χ3v) is 5.98. The number of benzene rings is 2. The Kier molecular flexibility index (Phi) is 8.05. The lowest BCUT2D eigenvalue weighted by atomic mass is 10.2. The Hall–Kier alpha value is -1.45. The van der Waals surface area contributed by atoms with Crippen LogP contribution in [-0.2, 0) is 10.0 Å². The first-order valence-corrected chi connectivity index (χ1v) is 11.1. The summed E-state index contributed by atoms with van der Waals surface area (Å²) in [6.45, 7) is 2.55. The lowest BCUT2D eigenvalue weighted by Gasteiger charge is -2.09. The molecule has 2 aromatic rings. The molecule has 0 aliphatic heterocycles. The fraction of sp³-hybridized carbons (Fsp3) is 0.316. The van der Waals surface area contributed by atoms with Crippen LogP contribution in [0.4, 0.5) is 5.69 Å². The number of sulfonamides is 1. The molecule has 0 radical (unpaired) electrons. The van der Waals surface area contributed by atoms with Crippen LogP contribution >= 0.6 is 22.6 Å². The zero-order valence-electron chi connectivity index (χ0n) is 14.7. The summed E-state index contributed by atoms with van der Waals surface area (Å²) in [5.74, 6) is -0.229. The average Bonchev–Trinajstić information content (AvgIpc) is 2.62. The Morgan fingerprint density at radius 2 is 1.77 bits per heavy atom. The van der Waals surface area contributed by atoms with Gasteiger partial charge in [0, 0.05) is 21.4 Å². The lowest BCUT2D eigenvalue weighted by Crippen LogP contribution is -2.24. The largest absolute Gasteiger partial charge is 0.322 e. The average molecular weight is 486 g/mol. The second kappa shape index (κ2) is 10.0. The molecule has 2 aromatic carbocycles. The smallest absolute Gasteiger partial charge is 0.255 e. The number of hydrogen-bond acceptors (Lipinski definition) is 3. The van der Waals surface area contributed by atoms with E-state index >= 15 is 0 Å². The van der Waals surface area contributed by atoms with Crippen LogP contribution in [0, 0.1) is 3.57 Å². The molecule has 140 valence electrons. The molecule has 0 aliphatic carbocycles. The molecular weight excluding hydrogens is 463 g/mol. The van der Waals surface area contributed by atoms with E-state index in [1.807, 2.05) is 12.1 Å². The zero-order chi connectivity index (χ0) is 19.0. The van der Waals surface area contributed by atoms with Gasteiger partial charge in [0.1, 0.15) is 0 Å². The van der Waals surface area contributed by atoms with E-state index in [1.54, 1.807) is 24.3 Å². The van der Waals surface area contributed by atoms with E-state index in [0.29, 0.717) is 17.8 Å². The molecule has 0 atom stereocenters. The van der Waals surface area contributed by atoms with Gasteiger partial charge in [0.2, 0.25) is 10.0 Å². The second-order valence-electron chi connectivity index (χ2n) is 5.95. The summed E-state index contributed by atoms with van der Waals surface area (Å²) in [6, 6.07) is 13.4. The van der Waals surface area contributed by atoms with Crippen molar-refractivity contribution in [2.45, 2.75) is 37.5 Å². The first kappa shape index (κ1) is 20.9. The summed E-state index contributed by atoms with van der Waals surface area (Å²) < 4.78 is 28.1. The van der Waals surface area contributed by atoms with Crippen LogP contribution in [0.3, 0.4) is 0 Å². The molecule has 0 saturated heterocycles. The number of carbonyl (C=O) groups excluding carboxylic acids is 1. The van der Waals surface area contributed by atoms with Crippen molar-refractivity contribution in [3.05, 3.63) is 57.7 Å². The van der Waals surface area contributed by atoms with Gasteiger partial charge in [-0.2, -0.15) is 0 Å². The highest BCUT2D eigenvalue weighted by molar-refractivity contribution is 14.1. The molecule has 26 heavy (non-hydrogen) atoms. The highest BCUT2D eigenvalue weighted by Gasteiger charge is 2.13. The van der Waals surface area contributed by atoms with Crippen LogP contribution in [-0.4, -0.2) is 20.9 Å². The molecule has 0 heterocycles. The number of unbranched alkanes of at least 4 members (excludes halogenated alkanes) is 3. The van der Waals surface area contributed by atoms with Crippen LogP contribution in [0.2, 0.25) is 0 Å². The van der Waals surface area contributed by atoms with Crippen LogP contribution in [0.25, 0.3) is 0 Å². The molecule has 0 spiro atoms. The maximum absolute atomic E-state index is 12.3. The Bertz CT molecular complexity index is 836. The highest BCUT2D eigenvalue weighted by atomic mass is 127. The van der Waals surface area contributed by atoms with Crippen LogP contribution in [0.15, 0.2) is 53.4 Å². The van der Waals surface area contributed by atoms with Crippen molar-refractivity contribution in [1.29, 1.82) is 0 Å². The van der Waals surface area contributed by atoms with Crippen LogP contribution < -0.4 is 10.0 Å². The number of anilines is 1. The number of hydrogen-bond donors (Lipinski definition) is 2. The molecular formula is C19H23IN2O3S. The summed E-state index contributed by atoms with van der Waals surface area (Å²) in [7, 11) is -3.51. The quantitative estimate of drug-likeness (QED) is 0.408. The van der Waals surface area contributed by atoms with Gasteiger partial charge < -0.3 is 5.32 Å². The Labute approximate surface area is 168 Å². The van der Waals surface area contributed by atoms with Crippen molar-refractivity contribution in [2.24, 2.45) is 0 Å². The van der Waals surface area contributed by atoms with E-state index in [4.69, 9.17) is 0 Å². The lowest BCUT2D eigenvalue weighted by molar-refractivity contribution is 0.102. The van der Waals surface area contributed by atoms with Gasteiger partial charge in [0.15, 0.2) is 0 Å². The van der Waals surface area contributed by atoms with Gasteiger partial charge in [-0.15, -0.1) is 0 Å². The topological polar surface area (TPSA) is 75.3 Å². The summed E-state index contributed by atoms with van der Waals surface area (Å²) in [5.41, 5.74) is 1.11. The molecule has 2 rings (SSSR count). The first-order chi connectivity index (χ1) is 12.4. The molecule has 0 bridgehead atoms. The predicted molar refractivity (Wildman–Crippen MR) is 113 cm³/mol. The number of amides is 1. The predicted octanol–water partition coefficient (Wildman–Crippen LogP) is 4.40. The van der Waals surface area contributed by atoms with Gasteiger partial charge in [-0.1, -0.05) is 32.3 Å². The second-order valence-corrected chi connectivity index (χ2v) is 8.96. The molecule has 2 N–H and O–H groups in total. The number of halogens is 1. The van der Waals surface area contributed by atoms with Crippen LogP contribution in [0.1, 0.15) is 43.0 Å². The van der Waals surface area contributed by atoms with Crippen LogP contribution in [0.5, 0.6) is 0 Å². The minimum Gasteiger partial charge on any atom is -0.322 e. The van der Waals surface area contributed by atoms with E-state index < -0.39 is 10.0 Å². The zero-order valence-corrected chi connectivity index (χ0v) is 17.6. The van der Waals surface area contributed by atoms with Gasteiger partial charge >= 0.3 is 0 Å². The standard InChI is InChI=1S/C19H23IN2O3S/c1-2-3-4-5-13-21-26(24,25)18-11-9-17(10-12-18)22-19(23)15-7-6-8-16(20)14-15/h6-12,14,21H,2-5,13H2,1H3,(H,22,23). The Morgan fingerprint density at radius 3 is 2.42 bits per heavy atom. The minimum absolute atomic E-state index is 0.195. The number of nitrogens with one attached hydrogen (secondary N) is 2. The van der Waals surface area contributed by atoms with E-state index in [1.165, 1.54) is 12.1 Å². The number of carbonyl (C=O) groups is 1. The van der Waals surface area contributed by atoms with E-state index in [0.717, 1.165) is 29.3 Å². The van der Waals surface area contributed by atoms with Gasteiger partial charge in [-0.25, -0.2) is 13.1 Å². The molecule has 0 aromatic heterocycles. The SMILES string of the molecule is CCCCCCNS(=O)(=O)c1ccc(NC(=O)c2cccc(I)c2)cc1. The van der Waals surface area contributed by atoms with Crippen molar-refractivity contribution in [3.8, 4) is 0 Å². The van der Waals surface area contributed by atoms with E-state index in [2.05, 4.69) is 39.6 Å². The molecule has 0 saturated carbocycles. The first-order valence-electron chi connectivity index (χ1n) is 8.59. The number of rotatable bonds is 9. The molecule has 0 unspecified atom stereocenters. The summed E-state index contributed by atoms with van der Waals surface area (Å²) in [6.07, 6.45) is 4.07. The van der Waals surface area contributed by atoms with Gasteiger partial charge in [0.25, 0.3) is 5.91 Å². The van der Waals surface area contributed by atoms with E-state index in [9.17, 15) is 13.2 Å². The normalized spacial score (nSPS) is 11.3. The van der Waals surface area contributed by atoms with Gasteiger partial charge in [-0.3, -0.25) is 4.79 Å². The molecule has 5 nitrogen and oxygen atoms in total. The van der Waals surface area contributed by atoms with Gasteiger partial charge in [-0.05, 0) is 71.5 Å². The van der Waals surface area contributed by atoms with Gasteiger partial charge in [0.05, 0.1) is 4.90 Å². The Morgan fingerprint density at radius 1 is 1.04 bits per heavy atom. The molecule has 0 fully saturated rings. The fourth-order valence-corrected chi connectivity index (χ4v) is 4.01. The van der Waals surface area contributed by atoms with Crippen molar-refractivity contribution in [3.63, 3.8) is 0 Å². The van der Waals surface area contributed by atoms with Crippen molar-refractivity contribution in [1.82, 2.24) is 4.72 Å². The van der Waals surface area contributed by atoms with Crippen molar-refractivity contribution in [2.75, 3.05) is 11.9 Å². The third-order valence-electron chi connectivity index (χ3n) is 3.83. The molecule has 7 heteroatoms. The summed E-state index contributed by atoms with van der Waals surface area (Å²) >= 11 is 2.15. The summed E-state index contributed by atoms with van der Waals surface area (Å²) in [5, 5.41) is 2.77. The fourth-order valence-electron chi connectivity index (χ4n) is 2.39. The van der Waals surface area contributed by atoms with Crippen molar-refractivity contribution >= 4 is 44.2 Å². The maximum atomic E-state index is 12.3. The molecule has 1 amide bonds. The Balaban J connectivity index is 1.95. The van der Waals surface area contributed by atoms with E-state index in [-0.39, 0.29) is 10.8 Å². The third kappa shape index (κ3) is 6.37. The monoisotopic (exact) mass is 486 g/mol. The molecule has 0 aliphatic rings. The maximum Gasteiger partial charge on any atom is 0.255 e. The highest BCUT2D eigenvalue weighted by Crippen LogP contribution is 2.16. The summed E-state index contributed by atoms with van der Waals surface area (Å²) in [4.78, 5) is 12.4. The minimum atomic E-state index is -3.51. The van der Waals surface area contributed by atoms with Crippen molar-refractivity contribution < 1.29 is 13.2 Å².